The predicted octanol–water partition coefficient (Wildman–Crippen LogP) is 3.51. The molecule has 3 rings (SSSR count). The van der Waals surface area contributed by atoms with E-state index in [-0.39, 0.29) is 5.60 Å². The van der Waals surface area contributed by atoms with E-state index in [0.29, 0.717) is 6.61 Å². The van der Waals surface area contributed by atoms with Gasteiger partial charge in [-0.15, -0.1) is 0 Å². The number of ether oxygens (including phenoxy) is 2. The molecule has 0 radical (unpaired) electrons. The predicted molar refractivity (Wildman–Crippen MR) is 94.7 cm³/mol. The van der Waals surface area contributed by atoms with Crippen LogP contribution in [0.2, 0.25) is 0 Å². The molecule has 0 bridgehead atoms. The first kappa shape index (κ1) is 16.4. The summed E-state index contributed by atoms with van der Waals surface area (Å²) in [6, 6.07) is 4.32. The number of hydrogen-bond donors (Lipinski definition) is 1. The minimum Gasteiger partial charge on any atom is -0.490 e. The van der Waals surface area contributed by atoms with Gasteiger partial charge in [0.25, 0.3) is 0 Å². The van der Waals surface area contributed by atoms with Crippen molar-refractivity contribution in [3.8, 4) is 11.5 Å². The molecule has 1 aromatic carbocycles. The van der Waals surface area contributed by atoms with Crippen LogP contribution in [0.3, 0.4) is 0 Å². The van der Waals surface area contributed by atoms with Gasteiger partial charge in [-0.2, -0.15) is 0 Å². The summed E-state index contributed by atoms with van der Waals surface area (Å²) in [5.41, 5.74) is 8.08. The van der Waals surface area contributed by atoms with E-state index < -0.39 is 0 Å². The van der Waals surface area contributed by atoms with Crippen LogP contribution in [0.15, 0.2) is 12.1 Å². The first-order valence-corrected chi connectivity index (χ1v) is 9.03. The van der Waals surface area contributed by atoms with E-state index in [2.05, 4.69) is 30.9 Å². The van der Waals surface area contributed by atoms with E-state index in [0.717, 1.165) is 50.4 Å². The fourth-order valence-corrected chi connectivity index (χ4v) is 3.59. The van der Waals surface area contributed by atoms with Crippen molar-refractivity contribution in [2.45, 2.75) is 58.0 Å². The molecular weight excluding hydrogens is 288 g/mol. The highest BCUT2D eigenvalue weighted by molar-refractivity contribution is 5.66. The summed E-state index contributed by atoms with van der Waals surface area (Å²) in [5, 5.41) is 0. The number of anilines is 1. The molecule has 0 saturated carbocycles. The van der Waals surface area contributed by atoms with Crippen LogP contribution < -0.4 is 20.1 Å². The SMILES string of the molecule is CC1(C)Cc2c(N3CCCCC3)ccc(OCCCCN)c2O1. The van der Waals surface area contributed by atoms with Gasteiger partial charge in [0, 0.05) is 30.8 Å². The molecule has 2 heterocycles. The van der Waals surface area contributed by atoms with Crippen LogP contribution in [-0.4, -0.2) is 31.8 Å². The molecule has 0 amide bonds. The van der Waals surface area contributed by atoms with Crippen LogP contribution in [-0.2, 0) is 6.42 Å². The Labute approximate surface area is 139 Å². The van der Waals surface area contributed by atoms with Gasteiger partial charge in [0.15, 0.2) is 11.5 Å². The molecule has 2 N–H and O–H groups in total. The summed E-state index contributed by atoms with van der Waals surface area (Å²) in [4.78, 5) is 2.52. The van der Waals surface area contributed by atoms with Crippen molar-refractivity contribution in [1.29, 1.82) is 0 Å². The summed E-state index contributed by atoms with van der Waals surface area (Å²) in [6.07, 6.45) is 6.87. The highest BCUT2D eigenvalue weighted by Crippen LogP contribution is 2.47. The average molecular weight is 318 g/mol. The summed E-state index contributed by atoms with van der Waals surface area (Å²) in [5.74, 6) is 1.86. The van der Waals surface area contributed by atoms with Crippen LogP contribution in [0.4, 0.5) is 5.69 Å². The second-order valence-corrected chi connectivity index (χ2v) is 7.32. The Bertz CT molecular complexity index is 536. The Morgan fingerprint density at radius 2 is 1.96 bits per heavy atom. The molecule has 4 heteroatoms. The Morgan fingerprint density at radius 3 is 2.70 bits per heavy atom. The zero-order chi connectivity index (χ0) is 16.3. The van der Waals surface area contributed by atoms with Gasteiger partial charge in [-0.3, -0.25) is 0 Å². The number of fused-ring (bicyclic) bond motifs is 1. The molecule has 0 atom stereocenters. The molecule has 0 aromatic heterocycles. The zero-order valence-corrected chi connectivity index (χ0v) is 14.6. The molecule has 0 spiro atoms. The van der Waals surface area contributed by atoms with Crippen LogP contribution in [0.25, 0.3) is 0 Å². The van der Waals surface area contributed by atoms with Gasteiger partial charge in [-0.1, -0.05) is 0 Å². The first-order valence-electron chi connectivity index (χ1n) is 9.03. The van der Waals surface area contributed by atoms with Gasteiger partial charge in [0.05, 0.1) is 6.61 Å². The van der Waals surface area contributed by atoms with Crippen molar-refractivity contribution in [3.63, 3.8) is 0 Å². The smallest absolute Gasteiger partial charge is 0.167 e. The fraction of sp³-hybridized carbons (Fsp3) is 0.684. The molecule has 128 valence electrons. The summed E-state index contributed by atoms with van der Waals surface area (Å²) in [6.45, 7) is 8.05. The van der Waals surface area contributed by atoms with E-state index in [1.54, 1.807) is 0 Å². The molecule has 23 heavy (non-hydrogen) atoms. The lowest BCUT2D eigenvalue weighted by Crippen LogP contribution is -2.30. The number of nitrogens with zero attached hydrogens (tertiary/aromatic N) is 1. The third-order valence-electron chi connectivity index (χ3n) is 4.73. The summed E-state index contributed by atoms with van der Waals surface area (Å²) in [7, 11) is 0. The van der Waals surface area contributed by atoms with Gasteiger partial charge >= 0.3 is 0 Å². The molecule has 4 nitrogen and oxygen atoms in total. The highest BCUT2D eigenvalue weighted by atomic mass is 16.5. The lowest BCUT2D eigenvalue weighted by Gasteiger charge is -2.30. The second-order valence-electron chi connectivity index (χ2n) is 7.32. The van der Waals surface area contributed by atoms with Gasteiger partial charge in [-0.05, 0) is 64.6 Å². The minimum absolute atomic E-state index is 0.149. The number of piperidine rings is 1. The van der Waals surface area contributed by atoms with Crippen molar-refractivity contribution in [1.82, 2.24) is 0 Å². The second kappa shape index (κ2) is 7.00. The third-order valence-corrected chi connectivity index (χ3v) is 4.73. The van der Waals surface area contributed by atoms with E-state index >= 15 is 0 Å². The van der Waals surface area contributed by atoms with E-state index in [1.165, 1.54) is 30.5 Å². The highest BCUT2D eigenvalue weighted by Gasteiger charge is 2.35. The molecule has 1 aromatic rings. The van der Waals surface area contributed by atoms with E-state index in [1.807, 2.05) is 0 Å². The van der Waals surface area contributed by atoms with Gasteiger partial charge in [-0.25, -0.2) is 0 Å². The van der Waals surface area contributed by atoms with Crippen molar-refractivity contribution >= 4 is 5.69 Å². The molecule has 1 fully saturated rings. The normalized spacial score (nSPS) is 19.3. The lowest BCUT2D eigenvalue weighted by atomic mass is 9.98. The molecule has 0 aliphatic carbocycles. The van der Waals surface area contributed by atoms with Gasteiger partial charge < -0.3 is 20.1 Å². The molecule has 2 aliphatic rings. The zero-order valence-electron chi connectivity index (χ0n) is 14.6. The topological polar surface area (TPSA) is 47.7 Å². The number of nitrogens with two attached hydrogens (primary N) is 1. The number of unbranched alkanes of at least 4 members (excludes halogenated alkanes) is 1. The number of rotatable bonds is 6. The van der Waals surface area contributed by atoms with E-state index in [9.17, 15) is 0 Å². The maximum atomic E-state index is 6.24. The lowest BCUT2D eigenvalue weighted by molar-refractivity contribution is 0.132. The van der Waals surface area contributed by atoms with Crippen molar-refractivity contribution in [2.24, 2.45) is 5.73 Å². The Morgan fingerprint density at radius 1 is 1.17 bits per heavy atom. The number of benzene rings is 1. The first-order chi connectivity index (χ1) is 11.1. The Kier molecular flexibility index (Phi) is 5.00. The molecule has 2 aliphatic heterocycles. The fourth-order valence-electron chi connectivity index (χ4n) is 3.59. The average Bonchev–Trinajstić information content (AvgIpc) is 2.87. The van der Waals surface area contributed by atoms with Crippen LogP contribution >= 0.6 is 0 Å². The molecule has 1 saturated heterocycles. The van der Waals surface area contributed by atoms with Crippen molar-refractivity contribution < 1.29 is 9.47 Å². The monoisotopic (exact) mass is 318 g/mol. The summed E-state index contributed by atoms with van der Waals surface area (Å²) >= 11 is 0. The van der Waals surface area contributed by atoms with Gasteiger partial charge in [0.2, 0.25) is 0 Å². The van der Waals surface area contributed by atoms with Crippen LogP contribution in [0.5, 0.6) is 11.5 Å². The maximum absolute atomic E-state index is 6.24. The standard InChI is InChI=1S/C19H30N2O2/c1-19(2)14-15-16(21-11-5-3-6-12-21)8-9-17(18(15)23-19)22-13-7-4-10-20/h8-9H,3-7,10-14,20H2,1-2H3. The summed E-state index contributed by atoms with van der Waals surface area (Å²) < 4.78 is 12.2. The van der Waals surface area contributed by atoms with Crippen molar-refractivity contribution in [3.05, 3.63) is 17.7 Å². The maximum Gasteiger partial charge on any atom is 0.167 e. The molecule has 0 unspecified atom stereocenters. The number of hydrogen-bond acceptors (Lipinski definition) is 4. The van der Waals surface area contributed by atoms with Crippen molar-refractivity contribution in [2.75, 3.05) is 31.1 Å². The van der Waals surface area contributed by atoms with Gasteiger partial charge in [0.1, 0.15) is 5.60 Å². The Balaban J connectivity index is 1.82. The Hall–Kier alpha value is -1.42. The van der Waals surface area contributed by atoms with Crippen LogP contribution in [0, 0.1) is 0 Å². The largest absolute Gasteiger partial charge is 0.490 e. The van der Waals surface area contributed by atoms with E-state index in [4.69, 9.17) is 15.2 Å². The molecular formula is C19H30N2O2. The van der Waals surface area contributed by atoms with Crippen LogP contribution in [0.1, 0.15) is 51.5 Å². The third kappa shape index (κ3) is 3.74. The minimum atomic E-state index is -0.149. The quantitative estimate of drug-likeness (QED) is 0.816.